The van der Waals surface area contributed by atoms with Gasteiger partial charge in [-0.25, -0.2) is 0 Å². The molecule has 0 saturated carbocycles. The van der Waals surface area contributed by atoms with Gasteiger partial charge < -0.3 is 0 Å². The predicted molar refractivity (Wildman–Crippen MR) is 97.6 cm³/mol. The van der Waals surface area contributed by atoms with Crippen LogP contribution in [0.5, 0.6) is 0 Å². The van der Waals surface area contributed by atoms with Gasteiger partial charge in [-0.1, -0.05) is 42.0 Å². The predicted octanol–water partition coefficient (Wildman–Crippen LogP) is 5.42. The number of benzene rings is 2. The van der Waals surface area contributed by atoms with E-state index < -0.39 is 0 Å². The van der Waals surface area contributed by atoms with Crippen LogP contribution in [0.15, 0.2) is 65.8 Å². The minimum Gasteiger partial charge on any atom is -0.255 e. The van der Waals surface area contributed by atoms with E-state index in [2.05, 4.69) is 55.0 Å². The quantitative estimate of drug-likeness (QED) is 0.592. The van der Waals surface area contributed by atoms with Crippen LogP contribution in [0.2, 0.25) is 0 Å². The molecule has 0 fully saturated rings. The molecular weight excluding hydrogens is 280 g/mol. The molecule has 0 N–H and O–H groups in total. The minimum absolute atomic E-state index is 0.861. The lowest BCUT2D eigenvalue weighted by atomic mass is 9.93. The van der Waals surface area contributed by atoms with Gasteiger partial charge >= 0.3 is 0 Å². The molecule has 0 spiro atoms. The zero-order valence-corrected chi connectivity index (χ0v) is 13.7. The number of rotatable bonds is 3. The Hall–Kier alpha value is -2.74. The normalized spacial score (nSPS) is 11.1. The third-order valence-electron chi connectivity index (χ3n) is 3.87. The lowest BCUT2D eigenvalue weighted by molar-refractivity contribution is 1.30. The summed E-state index contributed by atoms with van der Waals surface area (Å²) in [4.78, 5) is 8.96. The maximum absolute atomic E-state index is 4.67. The van der Waals surface area contributed by atoms with Crippen LogP contribution < -0.4 is 0 Å². The first-order valence-electron chi connectivity index (χ1n) is 7.77. The highest BCUT2D eigenvalue weighted by Gasteiger charge is 2.10. The van der Waals surface area contributed by atoms with E-state index in [1.54, 1.807) is 6.20 Å². The van der Waals surface area contributed by atoms with Crippen molar-refractivity contribution in [1.29, 1.82) is 0 Å². The molecule has 0 bridgehead atoms. The van der Waals surface area contributed by atoms with Crippen LogP contribution in [0, 0.1) is 20.8 Å². The second-order valence-electron chi connectivity index (χ2n) is 5.80. The van der Waals surface area contributed by atoms with Crippen molar-refractivity contribution in [2.45, 2.75) is 20.8 Å². The Labute approximate surface area is 137 Å². The Kier molecular flexibility index (Phi) is 4.33. The molecular formula is C21H20N2. The molecule has 1 heterocycles. The molecule has 23 heavy (non-hydrogen) atoms. The summed E-state index contributed by atoms with van der Waals surface area (Å²) in [6.07, 6.45) is 3.60. The molecule has 0 amide bonds. The third kappa shape index (κ3) is 3.37. The fourth-order valence-electron chi connectivity index (χ4n) is 2.99. The Balaban J connectivity index is 2.07. The Morgan fingerprint density at radius 2 is 1.57 bits per heavy atom. The third-order valence-corrected chi connectivity index (χ3v) is 3.87. The average Bonchev–Trinajstić information content (AvgIpc) is 2.54. The Morgan fingerprint density at radius 3 is 2.26 bits per heavy atom. The second-order valence-corrected chi connectivity index (χ2v) is 5.80. The van der Waals surface area contributed by atoms with Gasteiger partial charge in [0.15, 0.2) is 0 Å². The van der Waals surface area contributed by atoms with E-state index in [0.717, 1.165) is 16.9 Å². The summed E-state index contributed by atoms with van der Waals surface area (Å²) in [5, 5.41) is 0. The fourth-order valence-corrected chi connectivity index (χ4v) is 2.99. The van der Waals surface area contributed by atoms with E-state index in [4.69, 9.17) is 0 Å². The molecule has 1 aromatic heterocycles. The van der Waals surface area contributed by atoms with Crippen LogP contribution in [0.3, 0.4) is 0 Å². The number of aromatic nitrogens is 1. The first kappa shape index (κ1) is 15.2. The van der Waals surface area contributed by atoms with Gasteiger partial charge in [-0.2, -0.15) is 0 Å². The van der Waals surface area contributed by atoms with Crippen molar-refractivity contribution >= 4 is 11.9 Å². The number of para-hydroxylation sites is 1. The van der Waals surface area contributed by atoms with Crippen LogP contribution in [0.4, 0.5) is 5.69 Å². The van der Waals surface area contributed by atoms with Crippen LogP contribution in [0.1, 0.15) is 22.4 Å². The summed E-state index contributed by atoms with van der Waals surface area (Å²) in [5.41, 5.74) is 8.11. The van der Waals surface area contributed by atoms with E-state index >= 15 is 0 Å². The maximum atomic E-state index is 4.67. The monoisotopic (exact) mass is 300 g/mol. The van der Waals surface area contributed by atoms with Crippen molar-refractivity contribution < 1.29 is 0 Å². The SMILES string of the molecule is Cc1cc(C)c(-c2ccccc2/N=C/c2ccccn2)c(C)c1. The van der Waals surface area contributed by atoms with Gasteiger partial charge in [0.2, 0.25) is 0 Å². The highest BCUT2D eigenvalue weighted by Crippen LogP contribution is 2.35. The van der Waals surface area contributed by atoms with Gasteiger partial charge in [0, 0.05) is 11.8 Å². The number of nitrogens with zero attached hydrogens (tertiary/aromatic N) is 2. The van der Waals surface area contributed by atoms with Gasteiger partial charge in [-0.15, -0.1) is 0 Å². The van der Waals surface area contributed by atoms with Crippen molar-refractivity contribution in [2.24, 2.45) is 4.99 Å². The Bertz CT molecular complexity index is 826. The number of pyridine rings is 1. The zero-order valence-electron chi connectivity index (χ0n) is 13.7. The van der Waals surface area contributed by atoms with Crippen molar-refractivity contribution in [3.63, 3.8) is 0 Å². The van der Waals surface area contributed by atoms with Gasteiger partial charge in [0.25, 0.3) is 0 Å². The number of aryl methyl sites for hydroxylation is 3. The van der Waals surface area contributed by atoms with Crippen molar-refractivity contribution in [3.8, 4) is 11.1 Å². The smallest absolute Gasteiger partial charge is 0.0812 e. The molecule has 2 nitrogen and oxygen atoms in total. The molecule has 0 aliphatic heterocycles. The topological polar surface area (TPSA) is 25.2 Å². The summed E-state index contributed by atoms with van der Waals surface area (Å²) < 4.78 is 0. The van der Waals surface area contributed by atoms with Crippen LogP contribution in [-0.4, -0.2) is 11.2 Å². The maximum Gasteiger partial charge on any atom is 0.0812 e. The number of hydrogen-bond donors (Lipinski definition) is 0. The average molecular weight is 300 g/mol. The molecule has 0 unspecified atom stereocenters. The van der Waals surface area contributed by atoms with Crippen LogP contribution in [0.25, 0.3) is 11.1 Å². The molecule has 3 rings (SSSR count). The molecule has 0 saturated heterocycles. The van der Waals surface area contributed by atoms with E-state index in [1.165, 1.54) is 22.3 Å². The van der Waals surface area contributed by atoms with E-state index in [0.29, 0.717) is 0 Å². The van der Waals surface area contributed by atoms with E-state index in [9.17, 15) is 0 Å². The molecule has 0 radical (unpaired) electrons. The standard InChI is InChI=1S/C21H20N2/c1-15-12-16(2)21(17(3)13-15)19-9-4-5-10-20(19)23-14-18-8-6-7-11-22-18/h4-14H,1-3H3/b23-14+. The van der Waals surface area contributed by atoms with Gasteiger partial charge in [0.1, 0.15) is 0 Å². The highest BCUT2D eigenvalue weighted by atomic mass is 14.8. The molecule has 0 atom stereocenters. The minimum atomic E-state index is 0.861. The van der Waals surface area contributed by atoms with Crippen LogP contribution >= 0.6 is 0 Å². The first-order chi connectivity index (χ1) is 11.1. The summed E-state index contributed by atoms with van der Waals surface area (Å²) >= 11 is 0. The van der Waals surface area contributed by atoms with E-state index in [1.807, 2.05) is 36.5 Å². The van der Waals surface area contributed by atoms with E-state index in [-0.39, 0.29) is 0 Å². The lowest BCUT2D eigenvalue weighted by Crippen LogP contribution is -1.91. The molecule has 3 aromatic rings. The number of hydrogen-bond acceptors (Lipinski definition) is 2. The second kappa shape index (κ2) is 6.57. The van der Waals surface area contributed by atoms with Gasteiger partial charge in [-0.3, -0.25) is 9.98 Å². The largest absolute Gasteiger partial charge is 0.255 e. The Morgan fingerprint density at radius 1 is 0.870 bits per heavy atom. The summed E-state index contributed by atoms with van der Waals surface area (Å²) in [7, 11) is 0. The number of aliphatic imine (C=N–C) groups is 1. The van der Waals surface area contributed by atoms with Crippen LogP contribution in [-0.2, 0) is 0 Å². The molecule has 0 aliphatic rings. The van der Waals surface area contributed by atoms with Crippen molar-refractivity contribution in [1.82, 2.24) is 4.98 Å². The fraction of sp³-hybridized carbons (Fsp3) is 0.143. The molecule has 2 heteroatoms. The zero-order chi connectivity index (χ0) is 16.2. The van der Waals surface area contributed by atoms with Gasteiger partial charge in [-0.05, 0) is 55.7 Å². The molecule has 114 valence electrons. The summed E-state index contributed by atoms with van der Waals surface area (Å²) in [5.74, 6) is 0. The molecule has 2 aromatic carbocycles. The first-order valence-corrected chi connectivity index (χ1v) is 7.77. The van der Waals surface area contributed by atoms with Crippen molar-refractivity contribution in [2.75, 3.05) is 0 Å². The van der Waals surface area contributed by atoms with Gasteiger partial charge in [0.05, 0.1) is 17.6 Å². The summed E-state index contributed by atoms with van der Waals surface area (Å²) in [6.45, 7) is 6.46. The highest BCUT2D eigenvalue weighted by molar-refractivity contribution is 5.86. The molecule has 0 aliphatic carbocycles. The lowest BCUT2D eigenvalue weighted by Gasteiger charge is -2.13. The van der Waals surface area contributed by atoms with Crippen molar-refractivity contribution in [3.05, 3.63) is 83.2 Å². The summed E-state index contributed by atoms with van der Waals surface area (Å²) in [6, 6.07) is 18.5.